The molecular weight excluding hydrogens is 765 g/mol. The van der Waals surface area contributed by atoms with E-state index < -0.39 is 34.9 Å². The van der Waals surface area contributed by atoms with Crippen LogP contribution >= 0.6 is 0 Å². The first kappa shape index (κ1) is 41.3. The van der Waals surface area contributed by atoms with Crippen molar-refractivity contribution in [1.29, 1.82) is 0 Å². The number of ether oxygens (including phenoxy) is 1. The first-order chi connectivity index (χ1) is 27.6. The van der Waals surface area contributed by atoms with E-state index in [1.54, 1.807) is 69.6 Å². The molecule has 0 radical (unpaired) electrons. The molecule has 0 unspecified atom stereocenters. The van der Waals surface area contributed by atoms with E-state index in [1.165, 1.54) is 19.2 Å². The van der Waals surface area contributed by atoms with Gasteiger partial charge in [0.15, 0.2) is 11.4 Å². The molecule has 0 saturated carbocycles. The van der Waals surface area contributed by atoms with Crippen LogP contribution in [0.2, 0.25) is 0 Å². The van der Waals surface area contributed by atoms with Gasteiger partial charge < -0.3 is 47.3 Å². The summed E-state index contributed by atoms with van der Waals surface area (Å²) in [6, 6.07) is 13.6. The molecule has 4 aliphatic heterocycles. The summed E-state index contributed by atoms with van der Waals surface area (Å²) in [6.07, 6.45) is 0.481. The van der Waals surface area contributed by atoms with Gasteiger partial charge in [-0.2, -0.15) is 10.2 Å². The van der Waals surface area contributed by atoms with E-state index in [2.05, 4.69) is 44.5 Å². The number of nitrogens with zero attached hydrogens (tertiary/aromatic N) is 6. The number of aromatic nitrogens is 4. The quantitative estimate of drug-likeness (QED) is 0.111. The molecule has 0 bridgehead atoms. The smallest absolute Gasteiger partial charge is 0.359 e. The van der Waals surface area contributed by atoms with Crippen LogP contribution in [0.3, 0.4) is 0 Å². The van der Waals surface area contributed by atoms with Crippen LogP contribution in [0.25, 0.3) is 11.4 Å². The summed E-state index contributed by atoms with van der Waals surface area (Å²) in [5.41, 5.74) is 5.67. The highest BCUT2D eigenvalue weighted by atomic mass is 16.5. The van der Waals surface area contributed by atoms with Gasteiger partial charge in [0.25, 0.3) is 29.5 Å². The van der Waals surface area contributed by atoms with Gasteiger partial charge >= 0.3 is 5.97 Å². The highest BCUT2D eigenvalue weighted by Crippen LogP contribution is 2.27. The van der Waals surface area contributed by atoms with Crippen LogP contribution in [0, 0.1) is 23.7 Å². The van der Waals surface area contributed by atoms with Crippen LogP contribution in [-0.2, 0) is 27.4 Å². The normalized spacial score (nSPS) is 19.9. The molecule has 4 aliphatic rings. The lowest BCUT2D eigenvalue weighted by Crippen LogP contribution is -2.37. The Labute approximate surface area is 337 Å². The molecule has 2 aromatic carbocycles. The van der Waals surface area contributed by atoms with Gasteiger partial charge in [0, 0.05) is 75.4 Å². The van der Waals surface area contributed by atoms with Gasteiger partial charge in [0.2, 0.25) is 11.2 Å². The molecule has 2 aromatic heterocycles. The highest BCUT2D eigenvalue weighted by Gasteiger charge is 2.43. The number of benzene rings is 2. The summed E-state index contributed by atoms with van der Waals surface area (Å²) in [5, 5.41) is 34.7. The summed E-state index contributed by atoms with van der Waals surface area (Å²) in [5.74, 6) is 8.13. The number of nitrogens with one attached hydrogen (secondary N) is 2. The van der Waals surface area contributed by atoms with Crippen molar-refractivity contribution in [2.24, 2.45) is 5.73 Å². The zero-order chi connectivity index (χ0) is 41.5. The Bertz CT molecular complexity index is 2570. The van der Waals surface area contributed by atoms with Gasteiger partial charge in [-0.3, -0.25) is 24.0 Å². The van der Waals surface area contributed by atoms with Gasteiger partial charge in [-0.05, 0) is 43.3 Å². The third-order valence-corrected chi connectivity index (χ3v) is 9.98. The number of likely N-dealkylation sites (tertiary alicyclic amines) is 2. The molecule has 4 aromatic rings. The molecule has 8 rings (SSSR count). The first-order valence-electron chi connectivity index (χ1n) is 18.1. The van der Waals surface area contributed by atoms with Crippen molar-refractivity contribution in [1.82, 2.24) is 46.1 Å². The molecule has 2 fully saturated rings. The largest absolute Gasteiger partial charge is 0.461 e. The number of hydrogen-bond acceptors (Lipinski definition) is 12. The summed E-state index contributed by atoms with van der Waals surface area (Å²) in [4.78, 5) is 75.4. The van der Waals surface area contributed by atoms with E-state index in [4.69, 9.17) is 10.5 Å². The predicted molar refractivity (Wildman–Crippen MR) is 207 cm³/mol. The molecule has 6 heterocycles. The summed E-state index contributed by atoms with van der Waals surface area (Å²) < 4.78 is 7.79. The molecule has 2 atom stereocenters. The maximum atomic E-state index is 12.3. The third-order valence-electron chi connectivity index (χ3n) is 9.98. The molecule has 2 saturated heterocycles. The Morgan fingerprint density at radius 1 is 0.780 bits per heavy atom. The van der Waals surface area contributed by atoms with E-state index in [9.17, 15) is 39.0 Å². The summed E-state index contributed by atoms with van der Waals surface area (Å²) in [7, 11) is 3.23. The zero-order valence-corrected chi connectivity index (χ0v) is 32.3. The van der Waals surface area contributed by atoms with Crippen LogP contribution < -0.4 is 22.5 Å². The minimum Gasteiger partial charge on any atom is -0.461 e. The number of fused-ring (bicyclic) bond motifs is 2. The van der Waals surface area contributed by atoms with Crippen molar-refractivity contribution < 1.29 is 43.7 Å². The number of aliphatic hydroxyl groups is 2. The molecule has 19 nitrogen and oxygen atoms in total. The number of nitrogens with two attached hydrogens (primary N) is 1. The minimum absolute atomic E-state index is 0. The molecule has 19 heteroatoms. The molecule has 9 N–H and O–H groups in total. The van der Waals surface area contributed by atoms with Crippen molar-refractivity contribution in [3.8, 4) is 35.1 Å². The fraction of sp³-hybridized carbons (Fsp3) is 0.300. The van der Waals surface area contributed by atoms with Crippen molar-refractivity contribution in [3.63, 3.8) is 0 Å². The Morgan fingerprint density at radius 3 is 1.63 bits per heavy atom. The fourth-order valence-corrected chi connectivity index (χ4v) is 6.86. The Kier molecular flexibility index (Phi) is 11.1. The number of esters is 1. The molecule has 0 aliphatic carbocycles. The van der Waals surface area contributed by atoms with E-state index in [1.807, 2.05) is 0 Å². The van der Waals surface area contributed by atoms with Gasteiger partial charge in [-0.1, -0.05) is 35.8 Å². The van der Waals surface area contributed by atoms with Gasteiger partial charge in [-0.25, -0.2) is 14.2 Å². The number of carbonyl (C=O) groups is 6. The highest BCUT2D eigenvalue weighted by molar-refractivity contribution is 6.03. The van der Waals surface area contributed by atoms with Crippen LogP contribution in [0.4, 0.5) is 0 Å². The number of carbonyl (C=O) groups excluding carboxylic acids is 6. The maximum absolute atomic E-state index is 12.3. The second-order valence-electron chi connectivity index (χ2n) is 13.9. The Morgan fingerprint density at radius 2 is 1.22 bits per heavy atom. The number of primary amides is 1. The van der Waals surface area contributed by atoms with Gasteiger partial charge in [-0.15, -0.1) is 0 Å². The van der Waals surface area contributed by atoms with Crippen molar-refractivity contribution >= 4 is 35.5 Å². The third kappa shape index (κ3) is 7.60. The summed E-state index contributed by atoms with van der Waals surface area (Å²) >= 11 is 0. The minimum atomic E-state index is -1.70. The van der Waals surface area contributed by atoms with Crippen LogP contribution in [-0.4, -0.2) is 120 Å². The Balaban J connectivity index is 0.000000195. The number of amides is 5. The van der Waals surface area contributed by atoms with Crippen molar-refractivity contribution in [3.05, 3.63) is 93.6 Å². The summed E-state index contributed by atoms with van der Waals surface area (Å²) in [6.45, 7) is 3.16. The van der Waals surface area contributed by atoms with E-state index in [0.717, 1.165) is 0 Å². The molecule has 304 valence electrons. The van der Waals surface area contributed by atoms with E-state index in [-0.39, 0.29) is 73.3 Å². The van der Waals surface area contributed by atoms with E-state index in [0.29, 0.717) is 46.7 Å². The van der Waals surface area contributed by atoms with Crippen LogP contribution in [0.15, 0.2) is 48.5 Å². The fourth-order valence-electron chi connectivity index (χ4n) is 6.86. The van der Waals surface area contributed by atoms with Crippen LogP contribution in [0.5, 0.6) is 0 Å². The molecule has 5 amide bonds. The van der Waals surface area contributed by atoms with Crippen molar-refractivity contribution in [2.75, 3.05) is 33.8 Å². The lowest BCUT2D eigenvalue weighted by atomic mass is 10.0. The molecule has 0 spiro atoms. The maximum Gasteiger partial charge on any atom is 0.359 e. The Hall–Kier alpha value is -7.32. The number of likely N-dealkylation sites (N-methyl/N-ethyl adjacent to an activating group) is 2. The lowest BCUT2D eigenvalue weighted by Gasteiger charge is -2.13. The van der Waals surface area contributed by atoms with E-state index >= 15 is 0 Å². The lowest BCUT2D eigenvalue weighted by molar-refractivity contribution is -0.138. The second-order valence-corrected chi connectivity index (χ2v) is 13.9. The van der Waals surface area contributed by atoms with Gasteiger partial charge in [0.1, 0.15) is 11.4 Å². The average Bonchev–Trinajstić information content (AvgIpc) is 4.06. The molecular formula is C40H40N10O9. The first-order valence-corrected chi connectivity index (χ1v) is 18.1. The number of rotatable bonds is 5. The van der Waals surface area contributed by atoms with Gasteiger partial charge in [0.05, 0.1) is 18.0 Å². The molecule has 59 heavy (non-hydrogen) atoms. The second kappa shape index (κ2) is 15.9. The SMILES string of the molecule is CCOC(=O)c1nn(-c2cccc(C#C[C@@]3(O)CCN(C)C3=O)c2)c2c1CNC2=O.CN1CC[C@@](O)(C#Cc2cccc(-n3nc(C(N)=O)c4c3C(=O)NC4)c2)C1=O.N. The van der Waals surface area contributed by atoms with Crippen LogP contribution in [0.1, 0.15) is 84.0 Å². The zero-order valence-electron chi connectivity index (χ0n) is 32.3. The standard InChI is InChI=1S/C21H20N4O5.C19H17N5O4.H3N/c1-3-30-19(27)16-15-12-22-18(26)17(15)25(23-16)14-6-4-5-13(11-14)7-8-21(29)9-10-24(2)20(21)28;1-23-8-7-19(28,18(23)27)6-5-11-3-2-4-12(9-11)24-15-13(10-21-17(15)26)14(22-24)16(20)25;/h4-6,11,29H,3,9-10,12H2,1-2H3,(H,22,26);2-4,9,28H,7-8,10H2,1H3,(H2,20,25)(H,21,26);1H3/t21-;19-;/m10./s1. The topological polar surface area (TPSA) is 279 Å². The van der Waals surface area contributed by atoms with Crippen molar-refractivity contribution in [2.45, 2.75) is 44.1 Å². The predicted octanol–water partition coefficient (Wildman–Crippen LogP) is -0.442. The number of hydrogen-bond donors (Lipinski definition) is 6. The monoisotopic (exact) mass is 804 g/mol. The average molecular weight is 805 g/mol.